The normalized spacial score (nSPS) is 28.1. The summed E-state index contributed by atoms with van der Waals surface area (Å²) in [7, 11) is 2.91. The van der Waals surface area contributed by atoms with Crippen molar-refractivity contribution in [3.63, 3.8) is 0 Å². The second kappa shape index (κ2) is 7.17. The number of hydrogen-bond donors (Lipinski definition) is 2. The van der Waals surface area contributed by atoms with Crippen LogP contribution >= 0.6 is 0 Å². The molecule has 0 saturated heterocycles. The largest absolute Gasteiger partial charge is 0.358 e. The van der Waals surface area contributed by atoms with Crippen LogP contribution in [0, 0.1) is 33.5 Å². The highest BCUT2D eigenvalue weighted by Crippen LogP contribution is 2.72. The van der Waals surface area contributed by atoms with E-state index in [0.29, 0.717) is 11.1 Å². The Morgan fingerprint density at radius 1 is 0.750 bits per heavy atom. The molecule has 0 spiro atoms. The Morgan fingerprint density at radius 3 is 1.32 bits per heavy atom. The molecule has 3 rings (SSSR count). The van der Waals surface area contributed by atoms with Crippen molar-refractivity contribution in [3.05, 3.63) is 71.8 Å². The van der Waals surface area contributed by atoms with Gasteiger partial charge in [-0.1, -0.05) is 60.7 Å². The fourth-order valence-corrected chi connectivity index (χ4v) is 4.60. The number of benzene rings is 2. The molecule has 0 bridgehead atoms. The minimum Gasteiger partial charge on any atom is -0.358 e. The molecule has 140 valence electrons. The van der Waals surface area contributed by atoms with Crippen molar-refractivity contribution >= 4 is 11.8 Å². The van der Waals surface area contributed by atoms with Gasteiger partial charge in [-0.2, -0.15) is 10.5 Å². The van der Waals surface area contributed by atoms with E-state index in [4.69, 9.17) is 0 Å². The van der Waals surface area contributed by atoms with Crippen molar-refractivity contribution in [2.24, 2.45) is 10.8 Å². The maximum atomic E-state index is 13.1. The number of nitrogens with zero attached hydrogens (tertiary/aromatic N) is 2. The zero-order valence-electron chi connectivity index (χ0n) is 15.6. The molecule has 2 aromatic carbocycles. The molecule has 0 unspecified atom stereocenters. The third kappa shape index (κ3) is 2.32. The number of nitriles is 2. The van der Waals surface area contributed by atoms with Crippen LogP contribution in [0.4, 0.5) is 0 Å². The van der Waals surface area contributed by atoms with Crippen LogP contribution < -0.4 is 10.6 Å². The summed E-state index contributed by atoms with van der Waals surface area (Å²) in [5.74, 6) is -2.84. The summed E-state index contributed by atoms with van der Waals surface area (Å²) in [5.41, 5.74) is -1.99. The van der Waals surface area contributed by atoms with Gasteiger partial charge < -0.3 is 10.6 Å². The van der Waals surface area contributed by atoms with Gasteiger partial charge in [0.2, 0.25) is 11.8 Å². The fourth-order valence-electron chi connectivity index (χ4n) is 4.60. The van der Waals surface area contributed by atoms with E-state index < -0.39 is 34.5 Å². The van der Waals surface area contributed by atoms with E-state index >= 15 is 0 Å². The summed E-state index contributed by atoms with van der Waals surface area (Å²) in [6.45, 7) is 0. The highest BCUT2D eigenvalue weighted by Gasteiger charge is 2.79. The van der Waals surface area contributed by atoms with Gasteiger partial charge in [0.25, 0.3) is 0 Å². The van der Waals surface area contributed by atoms with Gasteiger partial charge in [-0.25, -0.2) is 0 Å². The number of carbonyl (C=O) groups is 2. The standard InChI is InChI=1S/C22H20N4O2/c1-25-19(27)21(13-23)17(15-9-5-3-6-10-15)22(14-24,20(28)26-2)18(21)16-11-7-4-8-12-16/h3-12,17-18H,1-2H3,(H,25,27)(H,26,28). The van der Waals surface area contributed by atoms with Crippen LogP contribution in [0.1, 0.15) is 23.0 Å². The SMILES string of the molecule is CNC(=O)C1(C#N)C(c2ccccc2)C(C#N)(C(=O)NC)C1c1ccccc1. The van der Waals surface area contributed by atoms with Crippen LogP contribution in [0.2, 0.25) is 0 Å². The summed E-state index contributed by atoms with van der Waals surface area (Å²) in [4.78, 5) is 26.1. The minimum atomic E-state index is -1.60. The van der Waals surface area contributed by atoms with E-state index in [-0.39, 0.29) is 0 Å². The molecule has 2 N–H and O–H groups in total. The van der Waals surface area contributed by atoms with Crippen LogP contribution in [-0.4, -0.2) is 25.9 Å². The predicted molar refractivity (Wildman–Crippen MR) is 103 cm³/mol. The van der Waals surface area contributed by atoms with Crippen molar-refractivity contribution in [2.45, 2.75) is 11.8 Å². The maximum Gasteiger partial charge on any atom is 0.241 e. The van der Waals surface area contributed by atoms with Gasteiger partial charge >= 0.3 is 0 Å². The predicted octanol–water partition coefficient (Wildman–Crippen LogP) is 2.08. The van der Waals surface area contributed by atoms with Gasteiger partial charge in [0, 0.05) is 25.9 Å². The second-order valence-corrected chi connectivity index (χ2v) is 6.81. The van der Waals surface area contributed by atoms with Crippen molar-refractivity contribution in [2.75, 3.05) is 14.1 Å². The third-order valence-corrected chi connectivity index (χ3v) is 5.66. The fraction of sp³-hybridized carbons (Fsp3) is 0.273. The summed E-state index contributed by atoms with van der Waals surface area (Å²) in [6, 6.07) is 22.0. The Balaban J connectivity index is 2.37. The molecule has 0 atom stereocenters. The van der Waals surface area contributed by atoms with E-state index in [2.05, 4.69) is 22.8 Å². The van der Waals surface area contributed by atoms with Crippen molar-refractivity contribution in [1.29, 1.82) is 10.5 Å². The van der Waals surface area contributed by atoms with Crippen LogP contribution in [0.5, 0.6) is 0 Å². The Labute approximate surface area is 163 Å². The summed E-state index contributed by atoms with van der Waals surface area (Å²) in [6.07, 6.45) is 0. The third-order valence-electron chi connectivity index (χ3n) is 5.66. The van der Waals surface area contributed by atoms with Gasteiger partial charge in [-0.05, 0) is 11.1 Å². The lowest BCUT2D eigenvalue weighted by Gasteiger charge is -2.60. The van der Waals surface area contributed by atoms with Crippen molar-refractivity contribution in [3.8, 4) is 12.1 Å². The molecule has 0 heterocycles. The number of hydrogen-bond acceptors (Lipinski definition) is 4. The zero-order valence-corrected chi connectivity index (χ0v) is 15.6. The first kappa shape index (κ1) is 19.1. The molecule has 1 fully saturated rings. The Bertz CT molecular complexity index is 884. The van der Waals surface area contributed by atoms with E-state index in [1.807, 2.05) is 0 Å². The van der Waals surface area contributed by atoms with Crippen LogP contribution in [-0.2, 0) is 9.59 Å². The van der Waals surface area contributed by atoms with Gasteiger partial charge in [-0.3, -0.25) is 9.59 Å². The first-order valence-corrected chi connectivity index (χ1v) is 8.91. The monoisotopic (exact) mass is 372 g/mol. The number of rotatable bonds is 4. The topological polar surface area (TPSA) is 106 Å². The maximum absolute atomic E-state index is 13.1. The average molecular weight is 372 g/mol. The van der Waals surface area contributed by atoms with Crippen LogP contribution in [0.15, 0.2) is 60.7 Å². The molecule has 1 aliphatic carbocycles. The highest BCUT2D eigenvalue weighted by molar-refractivity contribution is 5.99. The van der Waals surface area contributed by atoms with Gasteiger partial charge in [0.15, 0.2) is 10.8 Å². The lowest BCUT2D eigenvalue weighted by atomic mass is 9.36. The Morgan fingerprint density at radius 2 is 1.07 bits per heavy atom. The van der Waals surface area contributed by atoms with Crippen LogP contribution in [0.3, 0.4) is 0 Å². The molecule has 6 nitrogen and oxygen atoms in total. The molecule has 6 heteroatoms. The summed E-state index contributed by atoms with van der Waals surface area (Å²) in [5, 5.41) is 25.6. The summed E-state index contributed by atoms with van der Waals surface area (Å²) >= 11 is 0. The zero-order chi connectivity index (χ0) is 20.4. The van der Waals surface area contributed by atoms with Crippen molar-refractivity contribution in [1.82, 2.24) is 10.6 Å². The highest BCUT2D eigenvalue weighted by atomic mass is 16.2. The van der Waals surface area contributed by atoms with Gasteiger partial charge in [0.05, 0.1) is 12.1 Å². The molecule has 1 aliphatic rings. The number of amides is 2. The Kier molecular flexibility index (Phi) is 4.90. The van der Waals surface area contributed by atoms with Crippen LogP contribution in [0.25, 0.3) is 0 Å². The first-order valence-electron chi connectivity index (χ1n) is 8.91. The smallest absolute Gasteiger partial charge is 0.241 e. The Hall–Kier alpha value is -3.64. The molecule has 1 saturated carbocycles. The van der Waals surface area contributed by atoms with Gasteiger partial charge in [0.1, 0.15) is 0 Å². The first-order chi connectivity index (χ1) is 13.5. The molecular weight excluding hydrogens is 352 g/mol. The minimum absolute atomic E-state index is 0.507. The average Bonchev–Trinajstić information content (AvgIpc) is 2.74. The number of nitrogens with one attached hydrogen (secondary N) is 2. The van der Waals surface area contributed by atoms with E-state index in [1.54, 1.807) is 60.7 Å². The molecule has 0 aromatic heterocycles. The van der Waals surface area contributed by atoms with E-state index in [9.17, 15) is 20.1 Å². The lowest BCUT2D eigenvalue weighted by molar-refractivity contribution is -0.155. The molecule has 2 aromatic rings. The molecule has 28 heavy (non-hydrogen) atoms. The molecule has 2 amide bonds. The molecule has 0 radical (unpaired) electrons. The second-order valence-electron chi connectivity index (χ2n) is 6.81. The van der Waals surface area contributed by atoms with E-state index in [0.717, 1.165) is 0 Å². The molecular formula is C22H20N4O2. The molecule has 0 aliphatic heterocycles. The van der Waals surface area contributed by atoms with Crippen molar-refractivity contribution < 1.29 is 9.59 Å². The quantitative estimate of drug-likeness (QED) is 0.857. The summed E-state index contributed by atoms with van der Waals surface area (Å²) < 4.78 is 0. The lowest BCUT2D eigenvalue weighted by Crippen LogP contribution is -2.69. The van der Waals surface area contributed by atoms with E-state index in [1.165, 1.54) is 14.1 Å². The number of carbonyl (C=O) groups excluding carboxylic acids is 2. The van der Waals surface area contributed by atoms with Gasteiger partial charge in [-0.15, -0.1) is 0 Å².